The van der Waals surface area contributed by atoms with E-state index in [-0.39, 0.29) is 0 Å². The predicted octanol–water partition coefficient (Wildman–Crippen LogP) is 4.05. The van der Waals surface area contributed by atoms with E-state index < -0.39 is 11.9 Å². The first-order valence-corrected chi connectivity index (χ1v) is 7.53. The molecule has 0 aliphatic heterocycles. The molecular weight excluding hydrogens is 268 g/mol. The molecule has 0 aromatic heterocycles. The van der Waals surface area contributed by atoms with Crippen molar-refractivity contribution < 1.29 is 19.1 Å². The molecule has 1 aromatic carbocycles. The number of aryl methyl sites for hydroxylation is 1. The van der Waals surface area contributed by atoms with Crippen molar-refractivity contribution in [2.24, 2.45) is 0 Å². The Morgan fingerprint density at radius 3 is 2.24 bits per heavy atom. The number of carbonyl (C=O) groups is 2. The topological polar surface area (TPSA) is 52.6 Å². The number of unbranched alkanes of at least 4 members (excludes halogenated alkanes) is 4. The molecule has 0 saturated carbocycles. The van der Waals surface area contributed by atoms with Gasteiger partial charge in [-0.05, 0) is 24.5 Å². The lowest BCUT2D eigenvalue weighted by molar-refractivity contribution is -0.134. The van der Waals surface area contributed by atoms with Crippen molar-refractivity contribution in [1.29, 1.82) is 0 Å². The lowest BCUT2D eigenvalue weighted by atomic mass is 10.0. The van der Waals surface area contributed by atoms with Crippen LogP contribution in [0.3, 0.4) is 0 Å². The zero-order chi connectivity index (χ0) is 15.7. The Balaban J connectivity index is 2.80. The Kier molecular flexibility index (Phi) is 7.51. The third kappa shape index (κ3) is 6.43. The van der Waals surface area contributed by atoms with E-state index in [1.165, 1.54) is 33.1 Å². The first kappa shape index (κ1) is 17.2. The van der Waals surface area contributed by atoms with Gasteiger partial charge in [0.25, 0.3) is 0 Å². The highest BCUT2D eigenvalue weighted by Crippen LogP contribution is 2.32. The fourth-order valence-corrected chi connectivity index (χ4v) is 2.17. The number of carbonyl (C=O) groups excluding carboxylic acids is 2. The van der Waals surface area contributed by atoms with Crippen LogP contribution in [0.2, 0.25) is 0 Å². The van der Waals surface area contributed by atoms with Gasteiger partial charge in [-0.2, -0.15) is 0 Å². The summed E-state index contributed by atoms with van der Waals surface area (Å²) in [5.74, 6) is -0.162. The summed E-state index contributed by atoms with van der Waals surface area (Å²) in [4.78, 5) is 22.4. The molecule has 0 radical (unpaired) electrons. The van der Waals surface area contributed by atoms with Gasteiger partial charge in [0.05, 0.1) is 0 Å². The van der Waals surface area contributed by atoms with E-state index in [1.54, 1.807) is 6.07 Å². The van der Waals surface area contributed by atoms with Crippen LogP contribution in [0, 0.1) is 0 Å². The summed E-state index contributed by atoms with van der Waals surface area (Å²) < 4.78 is 10.4. The molecule has 21 heavy (non-hydrogen) atoms. The number of hydrogen-bond donors (Lipinski definition) is 0. The lowest BCUT2D eigenvalue weighted by Crippen LogP contribution is -2.09. The van der Waals surface area contributed by atoms with Crippen molar-refractivity contribution >= 4 is 11.9 Å². The quantitative estimate of drug-likeness (QED) is 0.412. The number of esters is 2. The summed E-state index contributed by atoms with van der Waals surface area (Å²) in [6.07, 6.45) is 6.64. The second-order valence-electron chi connectivity index (χ2n) is 5.10. The second-order valence-corrected chi connectivity index (χ2v) is 5.10. The predicted molar refractivity (Wildman–Crippen MR) is 81.5 cm³/mol. The minimum atomic E-state index is -0.427. The average Bonchev–Trinajstić information content (AvgIpc) is 2.40. The highest BCUT2D eigenvalue weighted by Gasteiger charge is 2.14. The van der Waals surface area contributed by atoms with Crippen LogP contribution >= 0.6 is 0 Å². The molecule has 0 saturated heterocycles. The van der Waals surface area contributed by atoms with Crippen molar-refractivity contribution in [3.63, 3.8) is 0 Å². The van der Waals surface area contributed by atoms with Crippen LogP contribution in [0.15, 0.2) is 18.2 Å². The molecule has 4 nitrogen and oxygen atoms in total. The normalized spacial score (nSPS) is 10.2. The lowest BCUT2D eigenvalue weighted by Gasteiger charge is -2.13. The fourth-order valence-electron chi connectivity index (χ4n) is 2.17. The Morgan fingerprint density at radius 2 is 1.62 bits per heavy atom. The molecule has 0 fully saturated rings. The van der Waals surface area contributed by atoms with Gasteiger partial charge >= 0.3 is 11.9 Å². The highest BCUT2D eigenvalue weighted by molar-refractivity contribution is 5.74. The van der Waals surface area contributed by atoms with Gasteiger partial charge < -0.3 is 9.47 Å². The maximum absolute atomic E-state index is 11.3. The minimum absolute atomic E-state index is 0.309. The zero-order valence-corrected chi connectivity index (χ0v) is 13.1. The summed E-state index contributed by atoms with van der Waals surface area (Å²) >= 11 is 0. The molecule has 1 rings (SSSR count). The van der Waals surface area contributed by atoms with Gasteiger partial charge in [0.15, 0.2) is 11.5 Å². The van der Waals surface area contributed by atoms with Crippen molar-refractivity contribution in [2.75, 3.05) is 0 Å². The van der Waals surface area contributed by atoms with E-state index in [2.05, 4.69) is 6.92 Å². The SMILES string of the molecule is CCCCCCCc1cccc(OC(C)=O)c1OC(C)=O. The highest BCUT2D eigenvalue weighted by atomic mass is 16.6. The summed E-state index contributed by atoms with van der Waals surface area (Å²) in [5, 5.41) is 0. The van der Waals surface area contributed by atoms with Crippen LogP contribution in [-0.4, -0.2) is 11.9 Å². The Bertz CT molecular complexity index is 480. The van der Waals surface area contributed by atoms with Crippen LogP contribution in [0.25, 0.3) is 0 Å². The summed E-state index contributed by atoms with van der Waals surface area (Å²) in [5.41, 5.74) is 0.903. The number of ether oxygens (including phenoxy) is 2. The van der Waals surface area contributed by atoms with E-state index in [0.717, 1.165) is 24.8 Å². The minimum Gasteiger partial charge on any atom is -0.423 e. The zero-order valence-electron chi connectivity index (χ0n) is 13.1. The van der Waals surface area contributed by atoms with Gasteiger partial charge in [0.1, 0.15) is 0 Å². The maximum Gasteiger partial charge on any atom is 0.308 e. The molecule has 0 spiro atoms. The van der Waals surface area contributed by atoms with Gasteiger partial charge in [0.2, 0.25) is 0 Å². The third-order valence-electron chi connectivity index (χ3n) is 3.11. The second kappa shape index (κ2) is 9.16. The van der Waals surface area contributed by atoms with Crippen molar-refractivity contribution in [2.45, 2.75) is 59.3 Å². The standard InChI is InChI=1S/C17H24O4/c1-4-5-6-7-8-10-15-11-9-12-16(20-13(2)18)17(15)21-14(3)19/h9,11-12H,4-8,10H2,1-3H3. The molecule has 0 heterocycles. The van der Waals surface area contributed by atoms with Gasteiger partial charge in [-0.1, -0.05) is 44.7 Å². The first-order chi connectivity index (χ1) is 10.0. The van der Waals surface area contributed by atoms with Gasteiger partial charge in [-0.3, -0.25) is 9.59 Å². The number of benzene rings is 1. The summed E-state index contributed by atoms with van der Waals surface area (Å²) in [6.45, 7) is 4.85. The van der Waals surface area contributed by atoms with Crippen LogP contribution in [0.4, 0.5) is 0 Å². The van der Waals surface area contributed by atoms with Gasteiger partial charge in [-0.15, -0.1) is 0 Å². The Hall–Kier alpha value is -1.84. The molecule has 0 amide bonds. The van der Waals surface area contributed by atoms with Crippen LogP contribution in [-0.2, 0) is 16.0 Å². The number of para-hydroxylation sites is 1. The number of hydrogen-bond acceptors (Lipinski definition) is 4. The van der Waals surface area contributed by atoms with Crippen LogP contribution in [0.1, 0.15) is 58.4 Å². The van der Waals surface area contributed by atoms with Crippen molar-refractivity contribution in [1.82, 2.24) is 0 Å². The summed E-state index contributed by atoms with van der Waals surface area (Å²) in [6, 6.07) is 5.36. The van der Waals surface area contributed by atoms with Crippen LogP contribution in [0.5, 0.6) is 11.5 Å². The molecule has 4 heteroatoms. The maximum atomic E-state index is 11.3. The molecule has 116 valence electrons. The van der Waals surface area contributed by atoms with E-state index in [0.29, 0.717) is 11.5 Å². The Labute approximate surface area is 126 Å². The largest absolute Gasteiger partial charge is 0.423 e. The summed E-state index contributed by atoms with van der Waals surface area (Å²) in [7, 11) is 0. The van der Waals surface area contributed by atoms with Crippen molar-refractivity contribution in [3.05, 3.63) is 23.8 Å². The average molecular weight is 292 g/mol. The molecule has 0 aliphatic carbocycles. The third-order valence-corrected chi connectivity index (χ3v) is 3.11. The first-order valence-electron chi connectivity index (χ1n) is 7.53. The fraction of sp³-hybridized carbons (Fsp3) is 0.529. The smallest absolute Gasteiger partial charge is 0.308 e. The molecule has 0 bridgehead atoms. The van der Waals surface area contributed by atoms with E-state index in [4.69, 9.17) is 9.47 Å². The van der Waals surface area contributed by atoms with Crippen LogP contribution < -0.4 is 9.47 Å². The van der Waals surface area contributed by atoms with Gasteiger partial charge in [0, 0.05) is 13.8 Å². The molecule has 0 N–H and O–H groups in total. The molecule has 0 atom stereocenters. The molecule has 0 unspecified atom stereocenters. The molecular formula is C17H24O4. The van der Waals surface area contributed by atoms with Gasteiger partial charge in [-0.25, -0.2) is 0 Å². The monoisotopic (exact) mass is 292 g/mol. The molecule has 1 aromatic rings. The number of rotatable bonds is 8. The van der Waals surface area contributed by atoms with Crippen molar-refractivity contribution in [3.8, 4) is 11.5 Å². The Morgan fingerprint density at radius 1 is 0.952 bits per heavy atom. The van der Waals surface area contributed by atoms with E-state index in [9.17, 15) is 9.59 Å². The van der Waals surface area contributed by atoms with E-state index >= 15 is 0 Å². The molecule has 0 aliphatic rings. The van der Waals surface area contributed by atoms with E-state index in [1.807, 2.05) is 12.1 Å².